The van der Waals surface area contributed by atoms with E-state index in [0.717, 1.165) is 38.5 Å². The van der Waals surface area contributed by atoms with Crippen LogP contribution in [0.2, 0.25) is 0 Å². The number of unbranched alkanes of at least 4 members (excludes halogenated alkanes) is 7. The smallest absolute Gasteiger partial charge is 0.303 e. The molecule has 0 bridgehead atoms. The Kier molecular flexibility index (Phi) is 11.6. The molecule has 1 rings (SSSR count). The number of rotatable bonds is 15. The number of aliphatic carboxylic acids is 1. The first-order valence-electron chi connectivity index (χ1n) is 9.41. The van der Waals surface area contributed by atoms with Gasteiger partial charge in [-0.2, -0.15) is 0 Å². The van der Waals surface area contributed by atoms with Crippen molar-refractivity contribution in [3.63, 3.8) is 0 Å². The first-order chi connectivity index (χ1) is 11.2. The van der Waals surface area contributed by atoms with Crippen molar-refractivity contribution in [2.45, 2.75) is 96.2 Å². The van der Waals surface area contributed by atoms with E-state index >= 15 is 0 Å². The molecule has 132 valence electrons. The molecule has 2 atom stereocenters. The molecule has 0 aromatic carbocycles. The van der Waals surface area contributed by atoms with E-state index < -0.39 is 5.97 Å². The molecule has 1 aliphatic heterocycles. The summed E-state index contributed by atoms with van der Waals surface area (Å²) >= 11 is 0. The zero-order valence-electron chi connectivity index (χ0n) is 14.7. The summed E-state index contributed by atoms with van der Waals surface area (Å²) in [6, 6.07) is 0. The Labute approximate surface area is 141 Å². The van der Waals surface area contributed by atoms with Crippen LogP contribution < -0.4 is 0 Å². The molecule has 1 N–H and O–H groups in total. The highest BCUT2D eigenvalue weighted by molar-refractivity contribution is 5.66. The van der Waals surface area contributed by atoms with Gasteiger partial charge in [0, 0.05) is 6.42 Å². The zero-order valence-corrected chi connectivity index (χ0v) is 14.7. The van der Waals surface area contributed by atoms with Gasteiger partial charge in [-0.25, -0.2) is 0 Å². The average molecular weight is 322 g/mol. The second-order valence-electron chi connectivity index (χ2n) is 6.43. The number of epoxide rings is 1. The van der Waals surface area contributed by atoms with Crippen LogP contribution in [0.15, 0.2) is 24.3 Å². The minimum Gasteiger partial charge on any atom is -0.481 e. The van der Waals surface area contributed by atoms with Gasteiger partial charge in [0.25, 0.3) is 0 Å². The number of carboxylic acids is 1. The Morgan fingerprint density at radius 3 is 2.00 bits per heavy atom. The molecule has 0 aromatic heterocycles. The quantitative estimate of drug-likeness (QED) is 0.241. The number of allylic oxidation sites excluding steroid dienone is 3. The molecule has 1 aliphatic rings. The summed E-state index contributed by atoms with van der Waals surface area (Å²) in [5.41, 5.74) is 0. The van der Waals surface area contributed by atoms with Crippen molar-refractivity contribution in [1.29, 1.82) is 0 Å². The van der Waals surface area contributed by atoms with E-state index in [1.807, 2.05) is 0 Å². The zero-order chi connectivity index (χ0) is 16.8. The molecule has 1 heterocycles. The molecule has 0 radical (unpaired) electrons. The summed E-state index contributed by atoms with van der Waals surface area (Å²) in [6.45, 7) is 2.18. The molecule has 23 heavy (non-hydrogen) atoms. The van der Waals surface area contributed by atoms with Crippen LogP contribution in [0.4, 0.5) is 0 Å². The molecular formula is C20H34O3. The second kappa shape index (κ2) is 13.4. The maximum absolute atomic E-state index is 10.4. The minimum absolute atomic E-state index is 0.317. The normalized spacial score (nSPS) is 20.6. The lowest BCUT2D eigenvalue weighted by Crippen LogP contribution is -1.93. The number of carbonyl (C=O) groups is 1. The predicted molar refractivity (Wildman–Crippen MR) is 95.7 cm³/mol. The number of carboxylic acid groups (broad SMARTS) is 1. The van der Waals surface area contributed by atoms with Crippen molar-refractivity contribution >= 4 is 5.97 Å². The highest BCUT2D eigenvalue weighted by atomic mass is 16.6. The fraction of sp³-hybridized carbons (Fsp3) is 0.750. The minimum atomic E-state index is -0.675. The first-order valence-corrected chi connectivity index (χ1v) is 9.41. The van der Waals surface area contributed by atoms with Gasteiger partial charge in [-0.3, -0.25) is 4.79 Å². The molecule has 0 aromatic rings. The second-order valence-corrected chi connectivity index (χ2v) is 6.43. The van der Waals surface area contributed by atoms with Gasteiger partial charge in [-0.15, -0.1) is 0 Å². The highest BCUT2D eigenvalue weighted by Gasteiger charge is 2.35. The Hall–Kier alpha value is -1.09. The van der Waals surface area contributed by atoms with Gasteiger partial charge in [0.2, 0.25) is 0 Å². The SMILES string of the molecule is CC[C@H]1O[C@H]1C/C=C\CCCC/C=C\CCCCCCC(=O)O. The lowest BCUT2D eigenvalue weighted by Gasteiger charge is -1.97. The largest absolute Gasteiger partial charge is 0.481 e. The van der Waals surface area contributed by atoms with Crippen LogP contribution in [0.1, 0.15) is 84.0 Å². The fourth-order valence-electron chi connectivity index (χ4n) is 2.75. The molecular weight excluding hydrogens is 288 g/mol. The Bertz CT molecular complexity index is 360. The summed E-state index contributed by atoms with van der Waals surface area (Å²) in [5.74, 6) is -0.675. The van der Waals surface area contributed by atoms with Gasteiger partial charge in [-0.05, 0) is 57.8 Å². The van der Waals surface area contributed by atoms with Crippen molar-refractivity contribution in [1.82, 2.24) is 0 Å². The summed E-state index contributed by atoms with van der Waals surface area (Å²) in [7, 11) is 0. The van der Waals surface area contributed by atoms with E-state index in [1.54, 1.807) is 0 Å². The average Bonchev–Trinajstić information content (AvgIpc) is 3.29. The van der Waals surface area contributed by atoms with Crippen molar-refractivity contribution in [2.24, 2.45) is 0 Å². The summed E-state index contributed by atoms with van der Waals surface area (Å²) in [4.78, 5) is 10.4. The summed E-state index contributed by atoms with van der Waals surface area (Å²) < 4.78 is 5.50. The van der Waals surface area contributed by atoms with Crippen molar-refractivity contribution in [3.05, 3.63) is 24.3 Å². The third kappa shape index (κ3) is 12.1. The van der Waals surface area contributed by atoms with Crippen LogP contribution in [-0.2, 0) is 9.53 Å². The van der Waals surface area contributed by atoms with Crippen LogP contribution in [-0.4, -0.2) is 23.3 Å². The van der Waals surface area contributed by atoms with Crippen LogP contribution in [0.25, 0.3) is 0 Å². The maximum Gasteiger partial charge on any atom is 0.303 e. The summed E-state index contributed by atoms with van der Waals surface area (Å²) in [5, 5.41) is 8.53. The van der Waals surface area contributed by atoms with E-state index in [0.29, 0.717) is 18.6 Å². The Morgan fingerprint density at radius 1 is 0.870 bits per heavy atom. The number of hydrogen-bond acceptors (Lipinski definition) is 2. The third-order valence-corrected chi connectivity index (χ3v) is 4.29. The topological polar surface area (TPSA) is 49.8 Å². The molecule has 1 fully saturated rings. The summed E-state index contributed by atoms with van der Waals surface area (Å²) in [6.07, 6.45) is 22.9. The lowest BCUT2D eigenvalue weighted by molar-refractivity contribution is -0.137. The molecule has 0 amide bonds. The lowest BCUT2D eigenvalue weighted by atomic mass is 10.1. The number of ether oxygens (including phenoxy) is 1. The van der Waals surface area contributed by atoms with Gasteiger partial charge in [0.05, 0.1) is 12.2 Å². The van der Waals surface area contributed by atoms with E-state index in [2.05, 4.69) is 31.2 Å². The van der Waals surface area contributed by atoms with Crippen LogP contribution in [0.5, 0.6) is 0 Å². The van der Waals surface area contributed by atoms with Gasteiger partial charge in [0.1, 0.15) is 0 Å². The van der Waals surface area contributed by atoms with Crippen LogP contribution >= 0.6 is 0 Å². The molecule has 3 heteroatoms. The maximum atomic E-state index is 10.4. The molecule has 1 saturated heterocycles. The monoisotopic (exact) mass is 322 g/mol. The molecule has 0 spiro atoms. The van der Waals surface area contributed by atoms with Crippen molar-refractivity contribution < 1.29 is 14.6 Å². The van der Waals surface area contributed by atoms with Gasteiger partial charge >= 0.3 is 5.97 Å². The van der Waals surface area contributed by atoms with E-state index in [4.69, 9.17) is 9.84 Å². The van der Waals surface area contributed by atoms with Crippen LogP contribution in [0, 0.1) is 0 Å². The van der Waals surface area contributed by atoms with Crippen molar-refractivity contribution in [3.8, 4) is 0 Å². The predicted octanol–water partition coefficient (Wildman–Crippen LogP) is 5.65. The van der Waals surface area contributed by atoms with E-state index in [9.17, 15) is 4.79 Å². The number of hydrogen-bond donors (Lipinski definition) is 1. The van der Waals surface area contributed by atoms with Gasteiger partial charge in [0.15, 0.2) is 0 Å². The molecule has 0 unspecified atom stereocenters. The highest BCUT2D eigenvalue weighted by Crippen LogP contribution is 2.28. The van der Waals surface area contributed by atoms with Crippen LogP contribution in [0.3, 0.4) is 0 Å². The van der Waals surface area contributed by atoms with E-state index in [1.165, 1.54) is 32.1 Å². The first kappa shape index (κ1) is 20.0. The molecule has 3 nitrogen and oxygen atoms in total. The Morgan fingerprint density at radius 2 is 1.43 bits per heavy atom. The van der Waals surface area contributed by atoms with Gasteiger partial charge < -0.3 is 9.84 Å². The van der Waals surface area contributed by atoms with Crippen molar-refractivity contribution in [2.75, 3.05) is 0 Å². The van der Waals surface area contributed by atoms with Gasteiger partial charge in [-0.1, -0.05) is 44.1 Å². The third-order valence-electron chi connectivity index (χ3n) is 4.29. The Balaban J connectivity index is 1.76. The standard InChI is InChI=1S/C20H34O3/c1-2-18-19(23-18)16-14-12-10-8-6-4-3-5-7-9-11-13-15-17-20(21)22/h3,5,12,14,18-19H,2,4,6-11,13,15-17H2,1H3,(H,21,22)/b5-3-,14-12-/t18-,19+/m1/s1. The fourth-order valence-corrected chi connectivity index (χ4v) is 2.75. The van der Waals surface area contributed by atoms with E-state index in [-0.39, 0.29) is 0 Å². The molecule has 0 saturated carbocycles. The molecule has 0 aliphatic carbocycles.